The van der Waals surface area contributed by atoms with Crippen LogP contribution in [-0.4, -0.2) is 26.8 Å². The van der Waals surface area contributed by atoms with Crippen LogP contribution in [0.3, 0.4) is 0 Å². The minimum absolute atomic E-state index is 0.322. The van der Waals surface area contributed by atoms with Gasteiger partial charge in [0.1, 0.15) is 6.10 Å². The van der Waals surface area contributed by atoms with E-state index < -0.39 is 6.10 Å². The Bertz CT molecular complexity index is 222. The largest absolute Gasteiger partial charge is 0.393 e. The lowest BCUT2D eigenvalue weighted by Crippen LogP contribution is -2.05. The second-order valence-corrected chi connectivity index (χ2v) is 2.28. The number of hydrogen-bond donors (Lipinski definition) is 2. The van der Waals surface area contributed by atoms with Gasteiger partial charge in [-0.25, -0.2) is 0 Å². The van der Waals surface area contributed by atoms with E-state index in [0.29, 0.717) is 5.69 Å². The van der Waals surface area contributed by atoms with Crippen molar-refractivity contribution in [3.63, 3.8) is 0 Å². The molecule has 2 N–H and O–H groups in total. The molecule has 11 heavy (non-hydrogen) atoms. The maximum absolute atomic E-state index is 9.07. The van der Waals surface area contributed by atoms with Crippen LogP contribution >= 0.6 is 0 Å². The number of aliphatic hydroxyl groups excluding tert-OH is 2. The molecule has 1 unspecified atom stereocenters. The highest BCUT2D eigenvalue weighted by molar-refractivity contribution is 5.03. The Kier molecular flexibility index (Phi) is 2.51. The highest BCUT2D eigenvalue weighted by Gasteiger charge is 2.06. The van der Waals surface area contributed by atoms with Crippen LogP contribution in [0.2, 0.25) is 0 Å². The van der Waals surface area contributed by atoms with E-state index in [1.807, 2.05) is 6.92 Å². The van der Waals surface area contributed by atoms with Gasteiger partial charge < -0.3 is 10.2 Å². The van der Waals surface area contributed by atoms with E-state index in [9.17, 15) is 0 Å². The summed E-state index contributed by atoms with van der Waals surface area (Å²) in [6, 6.07) is 0. The monoisotopic (exact) mass is 154 g/mol. The molecule has 0 saturated heterocycles. The molecule has 1 atom stereocenters. The molecular weight excluding hydrogens is 144 g/mol. The lowest BCUT2D eigenvalue weighted by atomic mass is 10.3. The molecule has 0 fully saturated rings. The zero-order chi connectivity index (χ0) is 8.27. The Balaban J connectivity index is 2.81. The quantitative estimate of drug-likeness (QED) is 0.619. The van der Waals surface area contributed by atoms with E-state index in [1.54, 1.807) is 6.20 Å². The maximum Gasteiger partial charge on any atom is 0.120 e. The standard InChI is InChI=1S/C7H10N2O2/c1-5-2-9-6(3-8-5)7(11)4-10/h2-3,7,10-11H,4H2,1H3. The van der Waals surface area contributed by atoms with E-state index >= 15 is 0 Å². The first-order valence-electron chi connectivity index (χ1n) is 3.31. The van der Waals surface area contributed by atoms with Crippen LogP contribution in [0, 0.1) is 6.92 Å². The molecule has 0 amide bonds. The SMILES string of the molecule is Cc1cnc(C(O)CO)cn1. The summed E-state index contributed by atoms with van der Waals surface area (Å²) in [7, 11) is 0. The Hall–Kier alpha value is -1.00. The number of aliphatic hydroxyl groups is 2. The first kappa shape index (κ1) is 8.10. The van der Waals surface area contributed by atoms with Crippen LogP contribution in [0.5, 0.6) is 0 Å². The summed E-state index contributed by atoms with van der Waals surface area (Å²) >= 11 is 0. The van der Waals surface area contributed by atoms with Gasteiger partial charge in [0.2, 0.25) is 0 Å². The van der Waals surface area contributed by atoms with Gasteiger partial charge in [-0.2, -0.15) is 0 Å². The summed E-state index contributed by atoms with van der Waals surface area (Å²) < 4.78 is 0. The van der Waals surface area contributed by atoms with Gasteiger partial charge in [0.15, 0.2) is 0 Å². The fraction of sp³-hybridized carbons (Fsp3) is 0.429. The molecule has 0 aromatic carbocycles. The van der Waals surface area contributed by atoms with Crippen LogP contribution in [0.15, 0.2) is 12.4 Å². The van der Waals surface area contributed by atoms with Crippen molar-refractivity contribution in [2.75, 3.05) is 6.61 Å². The first-order valence-corrected chi connectivity index (χ1v) is 3.31. The third kappa shape index (κ3) is 1.96. The number of hydrogen-bond acceptors (Lipinski definition) is 4. The third-order valence-corrected chi connectivity index (χ3v) is 1.32. The minimum Gasteiger partial charge on any atom is -0.393 e. The van der Waals surface area contributed by atoms with Crippen molar-refractivity contribution in [3.05, 3.63) is 23.8 Å². The molecule has 1 aromatic rings. The number of aryl methyl sites for hydroxylation is 1. The molecule has 60 valence electrons. The molecule has 0 aliphatic rings. The predicted octanol–water partition coefficient (Wildman–Crippen LogP) is -0.189. The van der Waals surface area contributed by atoms with Crippen molar-refractivity contribution in [1.82, 2.24) is 9.97 Å². The summed E-state index contributed by atoms with van der Waals surface area (Å²) in [5.74, 6) is 0. The molecule has 0 radical (unpaired) electrons. The Labute approximate surface area is 64.6 Å². The van der Waals surface area contributed by atoms with Gasteiger partial charge in [-0.1, -0.05) is 0 Å². The normalized spacial score (nSPS) is 13.0. The van der Waals surface area contributed by atoms with Crippen LogP contribution in [-0.2, 0) is 0 Å². The molecule has 1 heterocycles. The molecule has 0 spiro atoms. The molecule has 0 aliphatic heterocycles. The molecule has 0 bridgehead atoms. The number of nitrogens with zero attached hydrogens (tertiary/aromatic N) is 2. The highest BCUT2D eigenvalue weighted by Crippen LogP contribution is 2.06. The average molecular weight is 154 g/mol. The number of rotatable bonds is 2. The summed E-state index contributed by atoms with van der Waals surface area (Å²) in [5.41, 5.74) is 1.19. The van der Waals surface area contributed by atoms with Gasteiger partial charge >= 0.3 is 0 Å². The van der Waals surface area contributed by atoms with Crippen molar-refractivity contribution in [2.24, 2.45) is 0 Å². The van der Waals surface area contributed by atoms with Crippen molar-refractivity contribution in [2.45, 2.75) is 13.0 Å². The lowest BCUT2D eigenvalue weighted by molar-refractivity contribution is 0.0919. The van der Waals surface area contributed by atoms with E-state index in [2.05, 4.69) is 9.97 Å². The van der Waals surface area contributed by atoms with Gasteiger partial charge in [-0.05, 0) is 6.92 Å². The maximum atomic E-state index is 9.07. The van der Waals surface area contributed by atoms with Gasteiger partial charge in [0.05, 0.1) is 24.2 Å². The fourth-order valence-corrected chi connectivity index (χ4v) is 0.668. The van der Waals surface area contributed by atoms with Crippen molar-refractivity contribution >= 4 is 0 Å². The first-order chi connectivity index (χ1) is 5.24. The second kappa shape index (κ2) is 3.41. The topological polar surface area (TPSA) is 66.2 Å². The van der Waals surface area contributed by atoms with E-state index in [1.165, 1.54) is 6.20 Å². The third-order valence-electron chi connectivity index (χ3n) is 1.32. The molecule has 0 saturated carbocycles. The zero-order valence-corrected chi connectivity index (χ0v) is 6.23. The molecule has 1 aromatic heterocycles. The average Bonchev–Trinajstić information content (AvgIpc) is 2.05. The van der Waals surface area contributed by atoms with Gasteiger partial charge in [-0.3, -0.25) is 9.97 Å². The van der Waals surface area contributed by atoms with E-state index in [-0.39, 0.29) is 6.61 Å². The van der Waals surface area contributed by atoms with Gasteiger partial charge in [0.25, 0.3) is 0 Å². The van der Waals surface area contributed by atoms with Crippen molar-refractivity contribution < 1.29 is 10.2 Å². The summed E-state index contributed by atoms with van der Waals surface area (Å²) in [4.78, 5) is 7.79. The van der Waals surface area contributed by atoms with E-state index in [0.717, 1.165) is 5.69 Å². The summed E-state index contributed by atoms with van der Waals surface area (Å²) in [5, 5.41) is 17.6. The molecule has 4 heteroatoms. The van der Waals surface area contributed by atoms with Crippen LogP contribution in [0.4, 0.5) is 0 Å². The summed E-state index contributed by atoms with van der Waals surface area (Å²) in [6.45, 7) is 1.49. The minimum atomic E-state index is -0.914. The van der Waals surface area contributed by atoms with Crippen LogP contribution < -0.4 is 0 Å². The highest BCUT2D eigenvalue weighted by atomic mass is 16.3. The smallest absolute Gasteiger partial charge is 0.120 e. The zero-order valence-electron chi connectivity index (χ0n) is 6.23. The van der Waals surface area contributed by atoms with Crippen molar-refractivity contribution in [3.8, 4) is 0 Å². The lowest BCUT2D eigenvalue weighted by Gasteiger charge is -2.04. The Morgan fingerprint density at radius 2 is 2.18 bits per heavy atom. The second-order valence-electron chi connectivity index (χ2n) is 2.28. The molecule has 0 aliphatic carbocycles. The molecular formula is C7H10N2O2. The Morgan fingerprint density at radius 1 is 1.45 bits per heavy atom. The molecule has 4 nitrogen and oxygen atoms in total. The van der Waals surface area contributed by atoms with E-state index in [4.69, 9.17) is 10.2 Å². The number of aromatic nitrogens is 2. The Morgan fingerprint density at radius 3 is 2.64 bits per heavy atom. The summed E-state index contributed by atoms with van der Waals surface area (Å²) in [6.07, 6.45) is 2.09. The van der Waals surface area contributed by atoms with Gasteiger partial charge in [0, 0.05) is 6.20 Å². The van der Waals surface area contributed by atoms with Crippen molar-refractivity contribution in [1.29, 1.82) is 0 Å². The molecule has 1 rings (SSSR count). The van der Waals surface area contributed by atoms with Crippen LogP contribution in [0.1, 0.15) is 17.5 Å². The van der Waals surface area contributed by atoms with Gasteiger partial charge in [-0.15, -0.1) is 0 Å². The predicted molar refractivity (Wildman–Crippen MR) is 38.8 cm³/mol. The van der Waals surface area contributed by atoms with Crippen LogP contribution in [0.25, 0.3) is 0 Å². The fourth-order valence-electron chi connectivity index (χ4n) is 0.668.